The molecule has 0 aromatic heterocycles. The molecular formula is C6H11BBrNO. The summed E-state index contributed by atoms with van der Waals surface area (Å²) in [7, 11) is 1.66. The van der Waals surface area contributed by atoms with E-state index in [0.29, 0.717) is 5.82 Å². The van der Waals surface area contributed by atoms with Gasteiger partial charge in [-0.1, -0.05) is 0 Å². The van der Waals surface area contributed by atoms with Crippen molar-refractivity contribution in [1.82, 2.24) is 0 Å². The second kappa shape index (κ2) is 4.11. The van der Waals surface area contributed by atoms with Crippen LogP contribution < -0.4 is 0 Å². The van der Waals surface area contributed by atoms with E-state index in [4.69, 9.17) is 5.21 Å². The van der Waals surface area contributed by atoms with Crippen LogP contribution in [0.25, 0.3) is 0 Å². The molecule has 0 aromatic rings. The molecule has 0 saturated heterocycles. The first kappa shape index (κ1) is 8.24. The number of hydrogen-bond acceptors (Lipinski definition) is 2. The average Bonchev–Trinajstić information content (AvgIpc) is 2.37. The third kappa shape index (κ3) is 2.08. The molecule has 2 nitrogen and oxygen atoms in total. The molecule has 0 spiro atoms. The van der Waals surface area contributed by atoms with Crippen molar-refractivity contribution in [3.05, 3.63) is 0 Å². The molecule has 2 unspecified atom stereocenters. The van der Waals surface area contributed by atoms with Crippen LogP contribution in [0.15, 0.2) is 5.06 Å². The van der Waals surface area contributed by atoms with Crippen molar-refractivity contribution in [2.24, 2.45) is 11.0 Å². The van der Waals surface area contributed by atoms with Gasteiger partial charge in [-0.15, -0.1) is 0 Å². The van der Waals surface area contributed by atoms with Crippen LogP contribution in [0.4, 0.5) is 0 Å². The first-order chi connectivity index (χ1) is 4.86. The van der Waals surface area contributed by atoms with Crippen molar-refractivity contribution >= 4 is 23.0 Å². The Bertz CT molecular complexity index is 131. The Hall–Kier alpha value is 0.145. The summed E-state index contributed by atoms with van der Waals surface area (Å²) in [5.74, 6) is 1.32. The molecule has 1 aliphatic carbocycles. The fourth-order valence-corrected chi connectivity index (χ4v) is 2.07. The van der Waals surface area contributed by atoms with Gasteiger partial charge in [-0.05, 0) is 0 Å². The van der Waals surface area contributed by atoms with Gasteiger partial charge in [0.25, 0.3) is 0 Å². The molecule has 0 radical (unpaired) electrons. The zero-order chi connectivity index (χ0) is 7.40. The normalized spacial score (nSPS) is 32.9. The maximum atomic E-state index is 8.24. The van der Waals surface area contributed by atoms with E-state index < -0.39 is 0 Å². The van der Waals surface area contributed by atoms with Crippen LogP contribution in [0.1, 0.15) is 19.3 Å². The van der Waals surface area contributed by atoms with Crippen LogP contribution in [0.3, 0.4) is 0 Å². The second-order valence-corrected chi connectivity index (χ2v) is 3.51. The van der Waals surface area contributed by atoms with Crippen LogP contribution >= 0.6 is 15.9 Å². The predicted molar refractivity (Wildman–Crippen MR) is 44.9 cm³/mol. The van der Waals surface area contributed by atoms with E-state index in [2.05, 4.69) is 21.0 Å². The van der Waals surface area contributed by atoms with Crippen molar-refractivity contribution in [1.29, 1.82) is 0 Å². The van der Waals surface area contributed by atoms with Crippen LogP contribution in [0.2, 0.25) is 5.82 Å². The molecule has 0 amide bonds. The minimum atomic E-state index is 0.521. The van der Waals surface area contributed by atoms with Crippen molar-refractivity contribution in [2.75, 3.05) is 5.33 Å². The molecule has 1 N–H and O–H groups in total. The first-order valence-corrected chi connectivity index (χ1v) is 4.72. The molecule has 56 valence electrons. The van der Waals surface area contributed by atoms with Crippen LogP contribution in [-0.2, 0) is 0 Å². The SMILES string of the molecule is ON=BC1CCC(CBr)C1. The summed E-state index contributed by atoms with van der Waals surface area (Å²) >= 11 is 3.45. The molecule has 2 atom stereocenters. The van der Waals surface area contributed by atoms with Gasteiger partial charge in [0.05, 0.1) is 0 Å². The Balaban J connectivity index is 2.28. The zero-order valence-electron chi connectivity index (χ0n) is 5.83. The van der Waals surface area contributed by atoms with E-state index >= 15 is 0 Å². The fourth-order valence-electron chi connectivity index (χ4n) is 1.48. The Labute approximate surface area is 70.1 Å². The van der Waals surface area contributed by atoms with E-state index in [-0.39, 0.29) is 0 Å². The van der Waals surface area contributed by atoms with Crippen molar-refractivity contribution in [3.63, 3.8) is 0 Å². The number of alkyl halides is 1. The van der Waals surface area contributed by atoms with Crippen LogP contribution in [0.5, 0.6) is 0 Å². The van der Waals surface area contributed by atoms with Gasteiger partial charge >= 0.3 is 69.6 Å². The van der Waals surface area contributed by atoms with Gasteiger partial charge in [0.2, 0.25) is 0 Å². The summed E-state index contributed by atoms with van der Waals surface area (Å²) in [5.41, 5.74) is 0. The van der Waals surface area contributed by atoms with Gasteiger partial charge in [0.1, 0.15) is 0 Å². The van der Waals surface area contributed by atoms with Crippen molar-refractivity contribution in [2.45, 2.75) is 25.1 Å². The predicted octanol–water partition coefficient (Wildman–Crippen LogP) is 2.25. The average molecular weight is 204 g/mol. The molecule has 0 bridgehead atoms. The fraction of sp³-hybridized carbons (Fsp3) is 1.00. The standard InChI is InChI=1S/C6H11BBrNO/c8-4-5-1-2-6(3-5)7-9-10/h5-6,10H,1-4H2. The van der Waals surface area contributed by atoms with Gasteiger partial charge in [0, 0.05) is 0 Å². The Morgan fingerprint density at radius 2 is 2.40 bits per heavy atom. The van der Waals surface area contributed by atoms with Crippen LogP contribution in [0, 0.1) is 5.92 Å². The van der Waals surface area contributed by atoms with Gasteiger partial charge in [0.15, 0.2) is 0 Å². The third-order valence-corrected chi connectivity index (χ3v) is 2.99. The van der Waals surface area contributed by atoms with E-state index in [9.17, 15) is 0 Å². The molecule has 0 aliphatic heterocycles. The number of halogens is 1. The summed E-state index contributed by atoms with van der Waals surface area (Å²) in [4.78, 5) is 0. The van der Waals surface area contributed by atoms with Gasteiger partial charge < -0.3 is 0 Å². The molecular weight excluding hydrogens is 193 g/mol. The maximum absolute atomic E-state index is 8.24. The molecule has 1 saturated carbocycles. The zero-order valence-corrected chi connectivity index (χ0v) is 7.42. The van der Waals surface area contributed by atoms with Crippen molar-refractivity contribution in [3.8, 4) is 0 Å². The summed E-state index contributed by atoms with van der Waals surface area (Å²) in [5, 5.41) is 12.4. The summed E-state index contributed by atoms with van der Waals surface area (Å²) in [6, 6.07) is 0. The molecule has 10 heavy (non-hydrogen) atoms. The van der Waals surface area contributed by atoms with E-state index in [0.717, 1.165) is 11.2 Å². The van der Waals surface area contributed by atoms with Gasteiger partial charge in [-0.2, -0.15) is 0 Å². The number of rotatable bonds is 2. The van der Waals surface area contributed by atoms with Gasteiger partial charge in [-0.25, -0.2) is 0 Å². The van der Waals surface area contributed by atoms with Crippen molar-refractivity contribution < 1.29 is 5.21 Å². The molecule has 0 heterocycles. The molecule has 1 aliphatic rings. The minimum absolute atomic E-state index is 0.521. The third-order valence-electron chi connectivity index (χ3n) is 2.08. The van der Waals surface area contributed by atoms with Gasteiger partial charge in [-0.3, -0.25) is 0 Å². The molecule has 1 fully saturated rings. The second-order valence-electron chi connectivity index (χ2n) is 2.86. The first-order valence-electron chi connectivity index (χ1n) is 3.60. The quantitative estimate of drug-likeness (QED) is 0.417. The Morgan fingerprint density at radius 3 is 2.90 bits per heavy atom. The number of nitrogens with zero attached hydrogens (tertiary/aromatic N) is 1. The Morgan fingerprint density at radius 1 is 1.60 bits per heavy atom. The van der Waals surface area contributed by atoms with E-state index in [1.165, 1.54) is 19.3 Å². The van der Waals surface area contributed by atoms with E-state index in [1.54, 1.807) is 7.07 Å². The summed E-state index contributed by atoms with van der Waals surface area (Å²) in [6.07, 6.45) is 3.62. The summed E-state index contributed by atoms with van der Waals surface area (Å²) in [6.45, 7) is 0. The number of hydrogen-bond donors (Lipinski definition) is 1. The summed E-state index contributed by atoms with van der Waals surface area (Å²) < 4.78 is 0. The monoisotopic (exact) mass is 203 g/mol. The Kier molecular flexibility index (Phi) is 3.39. The van der Waals surface area contributed by atoms with Crippen LogP contribution in [-0.4, -0.2) is 17.6 Å². The topological polar surface area (TPSA) is 32.6 Å². The molecule has 0 aromatic carbocycles. The molecule has 4 heteroatoms. The van der Waals surface area contributed by atoms with E-state index in [1.807, 2.05) is 0 Å². The molecule has 1 rings (SSSR count).